The lowest BCUT2D eigenvalue weighted by Gasteiger charge is -2.32. The minimum Gasteiger partial charge on any atom is -0.335 e. The van der Waals surface area contributed by atoms with Crippen LogP contribution in [0.3, 0.4) is 0 Å². The zero-order valence-electron chi connectivity index (χ0n) is 13.4. The maximum atomic E-state index is 12.8. The second-order valence-corrected chi connectivity index (χ2v) is 7.25. The van der Waals surface area contributed by atoms with Gasteiger partial charge in [0, 0.05) is 17.9 Å². The molecular weight excluding hydrogens is 320 g/mol. The van der Waals surface area contributed by atoms with Crippen molar-refractivity contribution in [1.82, 2.24) is 19.9 Å². The van der Waals surface area contributed by atoms with Crippen molar-refractivity contribution in [2.45, 2.75) is 12.3 Å². The number of para-hydroxylation sites is 1. The van der Waals surface area contributed by atoms with Crippen LogP contribution in [0.15, 0.2) is 48.5 Å². The summed E-state index contributed by atoms with van der Waals surface area (Å²) in [7, 11) is 0. The first-order chi connectivity index (χ1) is 11.7. The molecular formula is C18H18N4OS. The number of fused-ring (bicyclic) bond motifs is 1. The van der Waals surface area contributed by atoms with Gasteiger partial charge in [-0.25, -0.2) is 4.68 Å². The van der Waals surface area contributed by atoms with Gasteiger partial charge in [-0.2, -0.15) is 0 Å². The Morgan fingerprint density at radius 1 is 1.17 bits per heavy atom. The predicted molar refractivity (Wildman–Crippen MR) is 96.1 cm³/mol. The number of carbonyl (C=O) groups is 1. The Labute approximate surface area is 144 Å². The number of thioether (sulfide) groups is 1. The molecule has 1 fully saturated rings. The van der Waals surface area contributed by atoms with E-state index in [0.29, 0.717) is 6.54 Å². The van der Waals surface area contributed by atoms with Crippen molar-refractivity contribution in [3.05, 3.63) is 59.7 Å². The van der Waals surface area contributed by atoms with Gasteiger partial charge >= 0.3 is 0 Å². The van der Waals surface area contributed by atoms with Gasteiger partial charge in [0.1, 0.15) is 10.9 Å². The number of aromatic nitrogens is 3. The van der Waals surface area contributed by atoms with Crippen LogP contribution in [0.5, 0.6) is 0 Å². The van der Waals surface area contributed by atoms with Crippen LogP contribution in [0.4, 0.5) is 0 Å². The first-order valence-corrected chi connectivity index (χ1v) is 9.05. The second kappa shape index (κ2) is 6.28. The zero-order chi connectivity index (χ0) is 16.5. The summed E-state index contributed by atoms with van der Waals surface area (Å²) >= 11 is 1.82. The average molecular weight is 338 g/mol. The Morgan fingerprint density at radius 3 is 2.79 bits per heavy atom. The monoisotopic (exact) mass is 338 g/mol. The quantitative estimate of drug-likeness (QED) is 0.720. The molecule has 0 N–H and O–H groups in total. The predicted octanol–water partition coefficient (Wildman–Crippen LogP) is 3.13. The molecule has 24 heavy (non-hydrogen) atoms. The van der Waals surface area contributed by atoms with Crippen LogP contribution in [0, 0.1) is 6.92 Å². The molecule has 1 aliphatic heterocycles. The maximum absolute atomic E-state index is 12.8. The minimum absolute atomic E-state index is 0.0877. The van der Waals surface area contributed by atoms with Gasteiger partial charge in [0.25, 0.3) is 5.91 Å². The van der Waals surface area contributed by atoms with Gasteiger partial charge in [-0.05, 0) is 31.2 Å². The number of hydrogen-bond donors (Lipinski definition) is 0. The molecule has 0 radical (unpaired) electrons. The number of aryl methyl sites for hydroxylation is 1. The summed E-state index contributed by atoms with van der Waals surface area (Å²) in [6.07, 6.45) is 0. The van der Waals surface area contributed by atoms with Crippen LogP contribution in [-0.2, 0) is 0 Å². The molecule has 1 amide bonds. The fourth-order valence-corrected chi connectivity index (χ4v) is 4.12. The fraction of sp³-hybridized carbons (Fsp3) is 0.278. The van der Waals surface area contributed by atoms with Crippen LogP contribution in [0.25, 0.3) is 11.0 Å². The van der Waals surface area contributed by atoms with Crippen molar-refractivity contribution in [2.24, 2.45) is 0 Å². The summed E-state index contributed by atoms with van der Waals surface area (Å²) in [5.74, 6) is 0.987. The fourth-order valence-electron chi connectivity index (χ4n) is 2.94. The molecule has 3 aromatic rings. The topological polar surface area (TPSA) is 51.0 Å². The highest BCUT2D eigenvalue weighted by Gasteiger charge is 2.27. The minimum atomic E-state index is 0.0877. The molecule has 122 valence electrons. The van der Waals surface area contributed by atoms with E-state index in [1.165, 1.54) is 0 Å². The van der Waals surface area contributed by atoms with Crippen LogP contribution in [0.2, 0.25) is 0 Å². The molecule has 4 rings (SSSR count). The van der Waals surface area contributed by atoms with Crippen molar-refractivity contribution in [3.8, 4) is 0 Å². The average Bonchev–Trinajstić information content (AvgIpc) is 3.06. The van der Waals surface area contributed by atoms with E-state index < -0.39 is 0 Å². The van der Waals surface area contributed by atoms with Crippen molar-refractivity contribution in [2.75, 3.05) is 18.8 Å². The Kier molecular flexibility index (Phi) is 3.98. The van der Waals surface area contributed by atoms with Crippen molar-refractivity contribution >= 4 is 28.7 Å². The summed E-state index contributed by atoms with van der Waals surface area (Å²) < 4.78 is 1.94. The standard InChI is InChI=1S/C18H18N4OS/c1-13-6-8-14(9-7-13)18(23)21-10-11-24-17(12-21)22-16-5-3-2-4-15(16)19-20-22/h2-9,17H,10-12H2,1H3. The Bertz CT molecular complexity index is 874. The Morgan fingerprint density at radius 2 is 1.96 bits per heavy atom. The summed E-state index contributed by atoms with van der Waals surface area (Å²) in [6.45, 7) is 3.43. The number of carbonyl (C=O) groups excluding carboxylic acids is 1. The summed E-state index contributed by atoms with van der Waals surface area (Å²) in [4.78, 5) is 14.7. The van der Waals surface area contributed by atoms with E-state index in [4.69, 9.17) is 0 Å². The van der Waals surface area contributed by atoms with Crippen LogP contribution < -0.4 is 0 Å². The largest absolute Gasteiger partial charge is 0.335 e. The number of rotatable bonds is 2. The molecule has 0 saturated carbocycles. The highest BCUT2D eigenvalue weighted by Crippen LogP contribution is 2.30. The molecule has 2 aromatic carbocycles. The number of amides is 1. The van der Waals surface area contributed by atoms with E-state index in [0.717, 1.165) is 34.5 Å². The zero-order valence-corrected chi connectivity index (χ0v) is 14.2. The van der Waals surface area contributed by atoms with Gasteiger partial charge < -0.3 is 4.90 Å². The number of benzene rings is 2. The van der Waals surface area contributed by atoms with E-state index in [9.17, 15) is 4.79 Å². The van der Waals surface area contributed by atoms with Crippen LogP contribution >= 0.6 is 11.8 Å². The number of nitrogens with zero attached hydrogens (tertiary/aromatic N) is 4. The molecule has 1 atom stereocenters. The first-order valence-electron chi connectivity index (χ1n) is 8.00. The molecule has 1 aromatic heterocycles. The van der Waals surface area contributed by atoms with Gasteiger partial charge in [0.2, 0.25) is 0 Å². The molecule has 0 aliphatic carbocycles. The summed E-state index contributed by atoms with van der Waals surface area (Å²) in [5, 5.41) is 8.63. The van der Waals surface area contributed by atoms with Crippen LogP contribution in [-0.4, -0.2) is 44.6 Å². The SMILES string of the molecule is Cc1ccc(C(=O)N2CCSC(n3nnc4ccccc43)C2)cc1. The van der Waals surface area contributed by atoms with Crippen molar-refractivity contribution in [1.29, 1.82) is 0 Å². The third-order valence-corrected chi connectivity index (χ3v) is 5.44. The molecule has 2 heterocycles. The van der Waals surface area contributed by atoms with Crippen molar-refractivity contribution in [3.63, 3.8) is 0 Å². The van der Waals surface area contributed by atoms with E-state index in [1.54, 1.807) is 0 Å². The van der Waals surface area contributed by atoms with E-state index >= 15 is 0 Å². The number of hydrogen-bond acceptors (Lipinski definition) is 4. The lowest BCUT2D eigenvalue weighted by Crippen LogP contribution is -2.40. The molecule has 1 unspecified atom stereocenters. The second-order valence-electron chi connectivity index (χ2n) is 5.97. The molecule has 0 spiro atoms. The molecule has 1 saturated heterocycles. The third kappa shape index (κ3) is 2.78. The smallest absolute Gasteiger partial charge is 0.253 e. The Hall–Kier alpha value is -2.34. The van der Waals surface area contributed by atoms with E-state index in [2.05, 4.69) is 10.3 Å². The highest BCUT2D eigenvalue weighted by atomic mass is 32.2. The van der Waals surface area contributed by atoms with Crippen molar-refractivity contribution < 1.29 is 4.79 Å². The molecule has 5 nitrogen and oxygen atoms in total. The van der Waals surface area contributed by atoms with Gasteiger partial charge in [-0.3, -0.25) is 4.79 Å². The lowest BCUT2D eigenvalue weighted by atomic mass is 10.1. The van der Waals surface area contributed by atoms with E-state index in [1.807, 2.05) is 76.8 Å². The van der Waals surface area contributed by atoms with Gasteiger partial charge in [0.15, 0.2) is 0 Å². The summed E-state index contributed by atoms with van der Waals surface area (Å²) in [5.41, 5.74) is 3.81. The Balaban J connectivity index is 1.57. The first kappa shape index (κ1) is 15.2. The lowest BCUT2D eigenvalue weighted by molar-refractivity contribution is 0.0751. The van der Waals surface area contributed by atoms with Crippen LogP contribution in [0.1, 0.15) is 21.3 Å². The highest BCUT2D eigenvalue weighted by molar-refractivity contribution is 7.99. The third-order valence-electron chi connectivity index (χ3n) is 4.28. The maximum Gasteiger partial charge on any atom is 0.253 e. The van der Waals surface area contributed by atoms with Gasteiger partial charge in [0.05, 0.1) is 12.1 Å². The molecule has 1 aliphatic rings. The summed E-state index contributed by atoms with van der Waals surface area (Å²) in [6, 6.07) is 15.7. The molecule has 6 heteroatoms. The molecule has 0 bridgehead atoms. The normalized spacial score (nSPS) is 18.0. The van der Waals surface area contributed by atoms with E-state index in [-0.39, 0.29) is 11.3 Å². The van der Waals surface area contributed by atoms with Gasteiger partial charge in [-0.1, -0.05) is 35.0 Å². The van der Waals surface area contributed by atoms with Gasteiger partial charge in [-0.15, -0.1) is 16.9 Å².